The molecule has 0 atom stereocenters. The molecule has 0 radical (unpaired) electrons. The zero-order valence-corrected chi connectivity index (χ0v) is 11.3. The molecule has 0 unspecified atom stereocenters. The molecule has 2 rings (SSSR count). The van der Waals surface area contributed by atoms with Crippen molar-refractivity contribution in [3.05, 3.63) is 12.2 Å². The predicted molar refractivity (Wildman–Crippen MR) is 70.3 cm³/mol. The lowest BCUT2D eigenvalue weighted by Crippen LogP contribution is -2.19. The van der Waals surface area contributed by atoms with Crippen LogP contribution in [0.3, 0.4) is 0 Å². The van der Waals surface area contributed by atoms with E-state index in [0.29, 0.717) is 6.04 Å². The SMILES string of the molecule is COCCNCc1ncn(C2CCCCCC2)n1. The quantitative estimate of drug-likeness (QED) is 0.620. The van der Waals surface area contributed by atoms with Crippen molar-refractivity contribution in [3.8, 4) is 0 Å². The summed E-state index contributed by atoms with van der Waals surface area (Å²) in [6, 6.07) is 0.563. The number of nitrogens with zero attached hydrogens (tertiary/aromatic N) is 3. The molecular formula is C13H24N4O. The molecule has 0 bridgehead atoms. The van der Waals surface area contributed by atoms with E-state index >= 15 is 0 Å². The van der Waals surface area contributed by atoms with Gasteiger partial charge in [-0.15, -0.1) is 0 Å². The van der Waals surface area contributed by atoms with Crippen LogP contribution < -0.4 is 5.32 Å². The van der Waals surface area contributed by atoms with Crippen LogP contribution >= 0.6 is 0 Å². The summed E-state index contributed by atoms with van der Waals surface area (Å²) in [5, 5.41) is 7.84. The third kappa shape index (κ3) is 4.07. The summed E-state index contributed by atoms with van der Waals surface area (Å²) >= 11 is 0. The third-order valence-electron chi connectivity index (χ3n) is 3.52. The van der Waals surface area contributed by atoms with Crippen LogP contribution in [0.25, 0.3) is 0 Å². The van der Waals surface area contributed by atoms with Gasteiger partial charge in [0.15, 0.2) is 5.82 Å². The van der Waals surface area contributed by atoms with Gasteiger partial charge in [-0.05, 0) is 12.8 Å². The van der Waals surface area contributed by atoms with Gasteiger partial charge in [-0.25, -0.2) is 9.67 Å². The second-order valence-electron chi connectivity index (χ2n) is 4.96. The Labute approximate surface area is 109 Å². The summed E-state index contributed by atoms with van der Waals surface area (Å²) in [6.07, 6.45) is 9.79. The van der Waals surface area contributed by atoms with Crippen LogP contribution in [-0.4, -0.2) is 35.0 Å². The van der Waals surface area contributed by atoms with Gasteiger partial charge in [0.05, 0.1) is 19.2 Å². The number of rotatable bonds is 6. The maximum Gasteiger partial charge on any atom is 0.164 e. The van der Waals surface area contributed by atoms with E-state index in [0.717, 1.165) is 25.5 Å². The van der Waals surface area contributed by atoms with Crippen molar-refractivity contribution in [2.75, 3.05) is 20.3 Å². The molecule has 1 saturated carbocycles. The second-order valence-corrected chi connectivity index (χ2v) is 4.96. The second kappa shape index (κ2) is 7.48. The minimum Gasteiger partial charge on any atom is -0.383 e. The van der Waals surface area contributed by atoms with Crippen LogP contribution in [0.2, 0.25) is 0 Å². The molecule has 1 aromatic heterocycles. The minimum atomic E-state index is 0.563. The van der Waals surface area contributed by atoms with E-state index in [-0.39, 0.29) is 0 Å². The number of aromatic nitrogens is 3. The first-order valence-electron chi connectivity index (χ1n) is 7.00. The van der Waals surface area contributed by atoms with Crippen LogP contribution in [-0.2, 0) is 11.3 Å². The number of hydrogen-bond donors (Lipinski definition) is 1. The zero-order chi connectivity index (χ0) is 12.6. The largest absolute Gasteiger partial charge is 0.383 e. The summed E-state index contributed by atoms with van der Waals surface area (Å²) in [5.41, 5.74) is 0. The summed E-state index contributed by atoms with van der Waals surface area (Å²) in [6.45, 7) is 2.29. The van der Waals surface area contributed by atoms with Gasteiger partial charge in [0.1, 0.15) is 6.33 Å². The highest BCUT2D eigenvalue weighted by Crippen LogP contribution is 2.26. The van der Waals surface area contributed by atoms with E-state index in [2.05, 4.69) is 20.1 Å². The predicted octanol–water partition coefficient (Wildman–Crippen LogP) is 1.91. The fraction of sp³-hybridized carbons (Fsp3) is 0.846. The van der Waals surface area contributed by atoms with Crippen molar-refractivity contribution in [1.29, 1.82) is 0 Å². The Morgan fingerprint density at radius 2 is 2.11 bits per heavy atom. The Hall–Kier alpha value is -0.940. The zero-order valence-electron chi connectivity index (χ0n) is 11.3. The summed E-state index contributed by atoms with van der Waals surface area (Å²) in [7, 11) is 1.71. The fourth-order valence-electron chi connectivity index (χ4n) is 2.46. The first-order chi connectivity index (χ1) is 8.90. The summed E-state index contributed by atoms with van der Waals surface area (Å²) in [4.78, 5) is 4.37. The molecule has 5 nitrogen and oxygen atoms in total. The highest BCUT2D eigenvalue weighted by molar-refractivity contribution is 4.83. The highest BCUT2D eigenvalue weighted by atomic mass is 16.5. The fourth-order valence-corrected chi connectivity index (χ4v) is 2.46. The van der Waals surface area contributed by atoms with E-state index < -0.39 is 0 Å². The molecule has 1 aliphatic rings. The average Bonchev–Trinajstić information content (AvgIpc) is 2.69. The molecule has 1 fully saturated rings. The maximum absolute atomic E-state index is 4.99. The molecular weight excluding hydrogens is 228 g/mol. The molecule has 102 valence electrons. The number of hydrogen-bond acceptors (Lipinski definition) is 4. The lowest BCUT2D eigenvalue weighted by atomic mass is 10.1. The van der Waals surface area contributed by atoms with E-state index in [1.165, 1.54) is 38.5 Å². The number of methoxy groups -OCH3 is 1. The van der Waals surface area contributed by atoms with Gasteiger partial charge in [-0.3, -0.25) is 0 Å². The van der Waals surface area contributed by atoms with Gasteiger partial charge in [-0.2, -0.15) is 5.10 Å². The Bertz CT molecular complexity index is 331. The molecule has 1 aliphatic carbocycles. The standard InChI is InChI=1S/C13H24N4O/c1-18-9-8-14-10-13-15-11-17(16-13)12-6-4-2-3-5-7-12/h11-12,14H,2-10H2,1H3. The molecule has 0 saturated heterocycles. The lowest BCUT2D eigenvalue weighted by Gasteiger charge is -2.13. The van der Waals surface area contributed by atoms with Gasteiger partial charge in [0, 0.05) is 13.7 Å². The smallest absolute Gasteiger partial charge is 0.164 e. The summed E-state index contributed by atoms with van der Waals surface area (Å²) in [5.74, 6) is 0.885. The van der Waals surface area contributed by atoms with Gasteiger partial charge in [0.2, 0.25) is 0 Å². The van der Waals surface area contributed by atoms with E-state index in [1.54, 1.807) is 7.11 Å². The van der Waals surface area contributed by atoms with Crippen molar-refractivity contribution < 1.29 is 4.74 Å². The Balaban J connectivity index is 1.81. The third-order valence-corrected chi connectivity index (χ3v) is 3.52. The first kappa shape index (κ1) is 13.5. The van der Waals surface area contributed by atoms with E-state index in [9.17, 15) is 0 Å². The minimum absolute atomic E-state index is 0.563. The van der Waals surface area contributed by atoms with Crippen LogP contribution in [0, 0.1) is 0 Å². The number of nitrogens with one attached hydrogen (secondary N) is 1. The number of ether oxygens (including phenoxy) is 1. The van der Waals surface area contributed by atoms with E-state index in [1.807, 2.05) is 6.33 Å². The molecule has 0 spiro atoms. The monoisotopic (exact) mass is 252 g/mol. The van der Waals surface area contributed by atoms with Crippen LogP contribution in [0.4, 0.5) is 0 Å². The normalized spacial score (nSPS) is 17.8. The van der Waals surface area contributed by atoms with Crippen molar-refractivity contribution in [1.82, 2.24) is 20.1 Å². The van der Waals surface area contributed by atoms with Gasteiger partial charge < -0.3 is 10.1 Å². The molecule has 1 heterocycles. The molecule has 0 aliphatic heterocycles. The van der Waals surface area contributed by atoms with Crippen LogP contribution in [0.15, 0.2) is 6.33 Å². The lowest BCUT2D eigenvalue weighted by molar-refractivity contribution is 0.199. The highest BCUT2D eigenvalue weighted by Gasteiger charge is 2.15. The Kier molecular flexibility index (Phi) is 5.61. The van der Waals surface area contributed by atoms with Crippen molar-refractivity contribution in [3.63, 3.8) is 0 Å². The molecule has 0 amide bonds. The van der Waals surface area contributed by atoms with Crippen LogP contribution in [0.1, 0.15) is 50.4 Å². The molecule has 18 heavy (non-hydrogen) atoms. The van der Waals surface area contributed by atoms with Gasteiger partial charge in [-0.1, -0.05) is 25.7 Å². The average molecular weight is 252 g/mol. The molecule has 5 heteroatoms. The van der Waals surface area contributed by atoms with Crippen molar-refractivity contribution in [2.45, 2.75) is 51.1 Å². The summed E-state index contributed by atoms with van der Waals surface area (Å²) < 4.78 is 7.05. The Morgan fingerprint density at radius 1 is 1.33 bits per heavy atom. The van der Waals surface area contributed by atoms with E-state index in [4.69, 9.17) is 4.74 Å². The topological polar surface area (TPSA) is 52.0 Å². The molecule has 1 aromatic rings. The van der Waals surface area contributed by atoms with Crippen molar-refractivity contribution >= 4 is 0 Å². The maximum atomic E-state index is 4.99. The van der Waals surface area contributed by atoms with Crippen LogP contribution in [0.5, 0.6) is 0 Å². The van der Waals surface area contributed by atoms with Gasteiger partial charge >= 0.3 is 0 Å². The first-order valence-corrected chi connectivity index (χ1v) is 7.00. The Morgan fingerprint density at radius 3 is 2.83 bits per heavy atom. The molecule has 0 aromatic carbocycles. The van der Waals surface area contributed by atoms with Gasteiger partial charge in [0.25, 0.3) is 0 Å². The molecule has 1 N–H and O–H groups in total. The van der Waals surface area contributed by atoms with Crippen molar-refractivity contribution in [2.24, 2.45) is 0 Å².